The Morgan fingerprint density at radius 2 is 1.79 bits per heavy atom. The van der Waals surface area contributed by atoms with Crippen LogP contribution in [0.1, 0.15) is 52.8 Å². The van der Waals surface area contributed by atoms with Gasteiger partial charge in [-0.25, -0.2) is 9.97 Å². The van der Waals surface area contributed by atoms with Crippen molar-refractivity contribution in [3.8, 4) is 0 Å². The second-order valence-electron chi connectivity index (χ2n) is 6.91. The summed E-state index contributed by atoms with van der Waals surface area (Å²) in [5, 5.41) is 6.32. The molecular weight excluding hydrogens is 348 g/mol. The number of hydrogen-bond donors (Lipinski definition) is 2. The van der Waals surface area contributed by atoms with Gasteiger partial charge in [0.25, 0.3) is 5.91 Å². The normalized spacial score (nSPS) is 11.7. The van der Waals surface area contributed by atoms with Crippen LogP contribution < -0.4 is 10.6 Å². The molecule has 1 unspecified atom stereocenters. The molecule has 0 fully saturated rings. The first-order valence-corrected chi connectivity index (χ1v) is 9.55. The lowest BCUT2D eigenvalue weighted by Crippen LogP contribution is -2.18. The van der Waals surface area contributed by atoms with Gasteiger partial charge in [0.1, 0.15) is 5.69 Å². The summed E-state index contributed by atoms with van der Waals surface area (Å²) >= 11 is 0. The van der Waals surface area contributed by atoms with Crippen LogP contribution in [0.25, 0.3) is 0 Å². The van der Waals surface area contributed by atoms with Gasteiger partial charge in [-0.1, -0.05) is 55.5 Å². The molecule has 0 radical (unpaired) electrons. The molecule has 0 saturated heterocycles. The van der Waals surface area contributed by atoms with Crippen LogP contribution in [0.3, 0.4) is 0 Å². The van der Waals surface area contributed by atoms with Crippen LogP contribution in [0.15, 0.2) is 54.6 Å². The first-order valence-electron chi connectivity index (χ1n) is 9.55. The molecule has 3 rings (SSSR count). The molecule has 1 heterocycles. The number of nitrogens with one attached hydrogen (secondary N) is 2. The van der Waals surface area contributed by atoms with Crippen LogP contribution in [-0.2, 0) is 6.42 Å². The topological polar surface area (TPSA) is 66.9 Å². The number of anilines is 2. The number of carbonyl (C=O) groups is 1. The quantitative estimate of drug-likeness (QED) is 0.631. The number of amides is 1. The summed E-state index contributed by atoms with van der Waals surface area (Å²) in [5.74, 6) is 0.215. The Morgan fingerprint density at radius 3 is 2.50 bits per heavy atom. The zero-order valence-corrected chi connectivity index (χ0v) is 16.8. The summed E-state index contributed by atoms with van der Waals surface area (Å²) in [5.41, 5.74) is 5.22. The van der Waals surface area contributed by atoms with Crippen molar-refractivity contribution in [2.45, 2.75) is 40.2 Å². The molecule has 0 bridgehead atoms. The number of aryl methyl sites for hydroxylation is 3. The molecule has 5 heteroatoms. The minimum Gasteiger partial charge on any atom is -0.348 e. The highest BCUT2D eigenvalue weighted by Crippen LogP contribution is 2.22. The summed E-state index contributed by atoms with van der Waals surface area (Å²) in [7, 11) is 0. The average molecular weight is 374 g/mol. The van der Waals surface area contributed by atoms with Gasteiger partial charge in [0.05, 0.1) is 6.04 Å². The second kappa shape index (κ2) is 8.65. The van der Waals surface area contributed by atoms with Gasteiger partial charge in [0.15, 0.2) is 0 Å². The van der Waals surface area contributed by atoms with E-state index in [4.69, 9.17) is 0 Å². The summed E-state index contributed by atoms with van der Waals surface area (Å²) in [6.45, 7) is 7.98. The summed E-state index contributed by atoms with van der Waals surface area (Å²) < 4.78 is 0. The molecular formula is C23H26N4O. The number of nitrogens with zero attached hydrogens (tertiary/aromatic N) is 2. The molecule has 28 heavy (non-hydrogen) atoms. The zero-order chi connectivity index (χ0) is 20.1. The third kappa shape index (κ3) is 4.55. The van der Waals surface area contributed by atoms with E-state index in [0.717, 1.165) is 34.5 Å². The summed E-state index contributed by atoms with van der Waals surface area (Å²) in [6, 6.07) is 17.8. The number of aromatic nitrogens is 2. The lowest BCUT2D eigenvalue weighted by atomic mass is 10.1. The van der Waals surface area contributed by atoms with Crippen molar-refractivity contribution in [2.24, 2.45) is 0 Å². The van der Waals surface area contributed by atoms with E-state index in [1.807, 2.05) is 69.3 Å². The van der Waals surface area contributed by atoms with Gasteiger partial charge in [0.2, 0.25) is 5.95 Å². The molecule has 0 spiro atoms. The van der Waals surface area contributed by atoms with Crippen LogP contribution in [0.4, 0.5) is 11.6 Å². The van der Waals surface area contributed by atoms with Gasteiger partial charge in [0, 0.05) is 11.4 Å². The van der Waals surface area contributed by atoms with Gasteiger partial charge in [-0.05, 0) is 49.9 Å². The van der Waals surface area contributed by atoms with E-state index in [0.29, 0.717) is 11.6 Å². The van der Waals surface area contributed by atoms with Gasteiger partial charge >= 0.3 is 0 Å². The lowest BCUT2D eigenvalue weighted by molar-refractivity contribution is 0.102. The van der Waals surface area contributed by atoms with Crippen molar-refractivity contribution in [1.29, 1.82) is 0 Å². The Hall–Kier alpha value is -3.21. The largest absolute Gasteiger partial charge is 0.348 e. The van der Waals surface area contributed by atoms with E-state index in [9.17, 15) is 4.79 Å². The lowest BCUT2D eigenvalue weighted by Gasteiger charge is -2.16. The predicted molar refractivity (Wildman–Crippen MR) is 114 cm³/mol. The molecule has 144 valence electrons. The van der Waals surface area contributed by atoms with E-state index in [1.54, 1.807) is 6.07 Å². The third-order valence-corrected chi connectivity index (χ3v) is 4.71. The zero-order valence-electron chi connectivity index (χ0n) is 16.8. The van der Waals surface area contributed by atoms with Crippen molar-refractivity contribution in [2.75, 3.05) is 10.6 Å². The van der Waals surface area contributed by atoms with Crippen LogP contribution in [0, 0.1) is 13.8 Å². The maximum Gasteiger partial charge on any atom is 0.274 e. The van der Waals surface area contributed by atoms with Gasteiger partial charge in [-0.3, -0.25) is 4.79 Å². The Labute approximate surface area is 166 Å². The molecule has 1 aromatic heterocycles. The van der Waals surface area contributed by atoms with Crippen molar-refractivity contribution < 1.29 is 4.79 Å². The highest BCUT2D eigenvalue weighted by Gasteiger charge is 2.15. The van der Waals surface area contributed by atoms with E-state index in [1.165, 1.54) is 0 Å². The average Bonchev–Trinajstić information content (AvgIpc) is 2.69. The minimum atomic E-state index is -0.232. The highest BCUT2D eigenvalue weighted by atomic mass is 16.1. The SMILES string of the molecule is CCc1cccc(C)c1NC(=O)c1cc(C)nc(NC(C)c2ccccc2)n1. The Bertz CT molecular complexity index is 970. The maximum atomic E-state index is 12.9. The highest BCUT2D eigenvalue weighted by molar-refractivity contribution is 6.04. The monoisotopic (exact) mass is 374 g/mol. The van der Waals surface area contributed by atoms with Crippen LogP contribution >= 0.6 is 0 Å². The molecule has 0 aliphatic carbocycles. The second-order valence-corrected chi connectivity index (χ2v) is 6.91. The number of carbonyl (C=O) groups excluding carboxylic acids is 1. The van der Waals surface area contributed by atoms with E-state index in [-0.39, 0.29) is 11.9 Å². The molecule has 0 aliphatic heterocycles. The molecule has 5 nitrogen and oxygen atoms in total. The first kappa shape index (κ1) is 19.5. The maximum absolute atomic E-state index is 12.9. The molecule has 1 amide bonds. The van der Waals surface area contributed by atoms with Crippen LogP contribution in [0.5, 0.6) is 0 Å². The van der Waals surface area contributed by atoms with E-state index >= 15 is 0 Å². The van der Waals surface area contributed by atoms with Gasteiger partial charge in [-0.15, -0.1) is 0 Å². The van der Waals surface area contributed by atoms with E-state index in [2.05, 4.69) is 27.5 Å². The first-order chi connectivity index (χ1) is 13.5. The van der Waals surface area contributed by atoms with E-state index < -0.39 is 0 Å². The van der Waals surface area contributed by atoms with Gasteiger partial charge < -0.3 is 10.6 Å². The smallest absolute Gasteiger partial charge is 0.274 e. The predicted octanol–water partition coefficient (Wildman–Crippen LogP) is 5.08. The standard InChI is InChI=1S/C23H26N4O/c1-5-18-13-9-10-15(2)21(18)27-22(28)20-14-16(3)24-23(26-20)25-17(4)19-11-7-6-8-12-19/h6-14,17H,5H2,1-4H3,(H,27,28)(H,24,25,26). The number of para-hydroxylation sites is 1. The third-order valence-electron chi connectivity index (χ3n) is 4.71. The number of hydrogen-bond acceptors (Lipinski definition) is 4. The molecule has 1 atom stereocenters. The Kier molecular flexibility index (Phi) is 6.04. The molecule has 0 aliphatic rings. The van der Waals surface area contributed by atoms with Crippen molar-refractivity contribution >= 4 is 17.5 Å². The van der Waals surface area contributed by atoms with Crippen molar-refractivity contribution in [3.05, 3.63) is 82.7 Å². The molecule has 2 aromatic carbocycles. The fraction of sp³-hybridized carbons (Fsp3) is 0.261. The fourth-order valence-electron chi connectivity index (χ4n) is 3.15. The van der Waals surface area contributed by atoms with Crippen LogP contribution in [0.2, 0.25) is 0 Å². The molecule has 0 saturated carbocycles. The molecule has 2 N–H and O–H groups in total. The number of benzene rings is 2. The Morgan fingerprint density at radius 1 is 1.04 bits per heavy atom. The fourth-order valence-corrected chi connectivity index (χ4v) is 3.15. The Balaban J connectivity index is 1.82. The van der Waals surface area contributed by atoms with Crippen molar-refractivity contribution in [1.82, 2.24) is 9.97 Å². The minimum absolute atomic E-state index is 0.0296. The number of rotatable bonds is 6. The molecule has 3 aromatic rings. The van der Waals surface area contributed by atoms with Crippen molar-refractivity contribution in [3.63, 3.8) is 0 Å². The summed E-state index contributed by atoms with van der Waals surface area (Å²) in [4.78, 5) is 21.7. The van der Waals surface area contributed by atoms with Gasteiger partial charge in [-0.2, -0.15) is 0 Å². The summed E-state index contributed by atoms with van der Waals surface area (Å²) in [6.07, 6.45) is 0.849. The van der Waals surface area contributed by atoms with Crippen LogP contribution in [-0.4, -0.2) is 15.9 Å².